The minimum atomic E-state index is -0.191. The largest absolute Gasteiger partial charge is 0.497 e. The fourth-order valence-electron chi connectivity index (χ4n) is 2.64. The van der Waals surface area contributed by atoms with E-state index >= 15 is 0 Å². The Bertz CT molecular complexity index is 1120. The van der Waals surface area contributed by atoms with Gasteiger partial charge in [-0.2, -0.15) is 4.98 Å². The molecule has 0 spiro atoms. The van der Waals surface area contributed by atoms with Crippen LogP contribution in [0.3, 0.4) is 0 Å². The molecule has 0 aliphatic carbocycles. The van der Waals surface area contributed by atoms with Gasteiger partial charge in [0.25, 0.3) is 5.89 Å². The number of anilines is 1. The minimum Gasteiger partial charge on any atom is -0.497 e. The number of hydrogen-bond donors (Lipinski definition) is 1. The first-order chi connectivity index (χ1) is 14.1. The summed E-state index contributed by atoms with van der Waals surface area (Å²) < 4.78 is 12.1. The number of aromatic nitrogens is 4. The van der Waals surface area contributed by atoms with Crippen LogP contribution in [0.5, 0.6) is 5.75 Å². The van der Waals surface area contributed by atoms with Gasteiger partial charge < -0.3 is 19.1 Å². The second kappa shape index (κ2) is 8.15. The van der Waals surface area contributed by atoms with Gasteiger partial charge >= 0.3 is 0 Å². The van der Waals surface area contributed by atoms with Crippen LogP contribution >= 0.6 is 11.6 Å². The molecular formula is C20H16ClN5O3. The van der Waals surface area contributed by atoms with Crippen LogP contribution in [0.1, 0.15) is 0 Å². The number of benzene rings is 2. The van der Waals surface area contributed by atoms with Crippen LogP contribution in [0.2, 0.25) is 5.02 Å². The number of rotatable bonds is 6. The number of nitrogens with zero attached hydrogens (tertiary/aromatic N) is 4. The highest BCUT2D eigenvalue weighted by Crippen LogP contribution is 2.23. The summed E-state index contributed by atoms with van der Waals surface area (Å²) in [5.41, 5.74) is 1.95. The number of hydrogen-bond acceptors (Lipinski definition) is 6. The van der Waals surface area contributed by atoms with Crippen molar-refractivity contribution in [3.63, 3.8) is 0 Å². The molecule has 8 nitrogen and oxygen atoms in total. The first kappa shape index (κ1) is 18.7. The van der Waals surface area contributed by atoms with Crippen molar-refractivity contribution in [1.82, 2.24) is 19.7 Å². The average Bonchev–Trinajstić information content (AvgIpc) is 3.39. The number of carbonyl (C=O) groups excluding carboxylic acids is 1. The van der Waals surface area contributed by atoms with Gasteiger partial charge in [0.05, 0.1) is 13.4 Å². The van der Waals surface area contributed by atoms with Gasteiger partial charge in [0.15, 0.2) is 0 Å². The Kier molecular flexibility index (Phi) is 5.26. The molecule has 0 aliphatic heterocycles. The number of imidazole rings is 1. The summed E-state index contributed by atoms with van der Waals surface area (Å²) in [6, 6.07) is 14.2. The van der Waals surface area contributed by atoms with Crippen molar-refractivity contribution in [3.05, 3.63) is 66.1 Å². The second-order valence-electron chi connectivity index (χ2n) is 6.14. The Morgan fingerprint density at radius 3 is 2.66 bits per heavy atom. The molecule has 9 heteroatoms. The molecule has 0 unspecified atom stereocenters. The highest BCUT2D eigenvalue weighted by molar-refractivity contribution is 6.30. The van der Waals surface area contributed by atoms with Crippen molar-refractivity contribution in [2.45, 2.75) is 6.54 Å². The van der Waals surface area contributed by atoms with Crippen molar-refractivity contribution in [2.75, 3.05) is 12.4 Å². The molecule has 0 atom stereocenters. The Hall–Kier alpha value is -3.65. The van der Waals surface area contributed by atoms with E-state index in [0.717, 1.165) is 11.3 Å². The zero-order valence-corrected chi connectivity index (χ0v) is 16.1. The molecule has 2 aromatic carbocycles. The van der Waals surface area contributed by atoms with Crippen LogP contribution in [0, 0.1) is 0 Å². The van der Waals surface area contributed by atoms with Crippen LogP contribution in [-0.4, -0.2) is 32.7 Å². The number of halogens is 1. The van der Waals surface area contributed by atoms with Crippen LogP contribution in [0.25, 0.3) is 23.0 Å². The lowest BCUT2D eigenvalue weighted by Crippen LogP contribution is -2.17. The standard InChI is InChI=1S/C20H16ClN5O3/c1-28-16-8-2-13(3-9-16)20-24-19(25-29-20)17-10-26(12-22-17)11-18(27)23-15-6-4-14(21)5-7-15/h2-10,12H,11H2,1H3,(H,23,27). The van der Waals surface area contributed by atoms with Gasteiger partial charge in [-0.1, -0.05) is 16.8 Å². The van der Waals surface area contributed by atoms with Gasteiger partial charge in [-0.15, -0.1) is 0 Å². The lowest BCUT2D eigenvalue weighted by Gasteiger charge is -2.05. The van der Waals surface area contributed by atoms with Crippen molar-refractivity contribution < 1.29 is 14.1 Å². The molecule has 29 heavy (non-hydrogen) atoms. The van der Waals surface area contributed by atoms with E-state index in [1.165, 1.54) is 0 Å². The lowest BCUT2D eigenvalue weighted by atomic mass is 10.2. The maximum Gasteiger partial charge on any atom is 0.258 e. The molecule has 1 N–H and O–H groups in total. The molecule has 4 aromatic rings. The molecule has 2 aromatic heterocycles. The van der Waals surface area contributed by atoms with E-state index in [2.05, 4.69) is 20.4 Å². The third-order valence-corrected chi connectivity index (χ3v) is 4.33. The fourth-order valence-corrected chi connectivity index (χ4v) is 2.77. The molecule has 2 heterocycles. The summed E-state index contributed by atoms with van der Waals surface area (Å²) in [6.45, 7) is 0.0960. The summed E-state index contributed by atoms with van der Waals surface area (Å²) in [5, 5.41) is 7.37. The van der Waals surface area contributed by atoms with E-state index in [9.17, 15) is 4.79 Å². The predicted molar refractivity (Wildman–Crippen MR) is 108 cm³/mol. The minimum absolute atomic E-state index is 0.0960. The summed E-state index contributed by atoms with van der Waals surface area (Å²) in [7, 11) is 1.60. The lowest BCUT2D eigenvalue weighted by molar-refractivity contribution is -0.116. The van der Waals surface area contributed by atoms with Gasteiger partial charge in [-0.25, -0.2) is 4.98 Å². The Morgan fingerprint density at radius 2 is 1.93 bits per heavy atom. The SMILES string of the molecule is COc1ccc(-c2nc(-c3cn(CC(=O)Nc4ccc(Cl)cc4)cn3)no2)cc1. The van der Waals surface area contributed by atoms with Gasteiger partial charge in [0.2, 0.25) is 11.7 Å². The average molecular weight is 410 g/mol. The Balaban J connectivity index is 1.42. The number of amides is 1. The highest BCUT2D eigenvalue weighted by atomic mass is 35.5. The molecule has 0 aliphatic rings. The Labute approximate surface area is 171 Å². The normalized spacial score (nSPS) is 10.7. The molecule has 4 rings (SSSR count). The molecule has 0 radical (unpaired) electrons. The van der Waals surface area contributed by atoms with Crippen molar-refractivity contribution in [1.29, 1.82) is 0 Å². The van der Waals surface area contributed by atoms with E-state index in [0.29, 0.717) is 28.1 Å². The van der Waals surface area contributed by atoms with Crippen LogP contribution in [0.4, 0.5) is 5.69 Å². The van der Waals surface area contributed by atoms with Crippen molar-refractivity contribution in [2.24, 2.45) is 0 Å². The highest BCUT2D eigenvalue weighted by Gasteiger charge is 2.14. The molecular weight excluding hydrogens is 394 g/mol. The van der Waals surface area contributed by atoms with E-state index in [1.54, 1.807) is 48.5 Å². The zero-order chi connectivity index (χ0) is 20.2. The van der Waals surface area contributed by atoms with Gasteiger partial charge in [0, 0.05) is 22.5 Å². The quantitative estimate of drug-likeness (QED) is 0.519. The van der Waals surface area contributed by atoms with E-state index in [-0.39, 0.29) is 12.5 Å². The number of carbonyl (C=O) groups is 1. The van der Waals surface area contributed by atoms with Crippen LogP contribution in [-0.2, 0) is 11.3 Å². The molecule has 1 amide bonds. The number of ether oxygens (including phenoxy) is 1. The van der Waals surface area contributed by atoms with Crippen molar-refractivity contribution in [3.8, 4) is 28.7 Å². The molecule has 146 valence electrons. The first-order valence-corrected chi connectivity index (χ1v) is 9.04. The van der Waals surface area contributed by atoms with Crippen molar-refractivity contribution >= 4 is 23.2 Å². The third kappa shape index (κ3) is 4.44. The summed E-state index contributed by atoms with van der Waals surface area (Å²) in [5.74, 6) is 1.26. The summed E-state index contributed by atoms with van der Waals surface area (Å²) in [4.78, 5) is 20.8. The van der Waals surface area contributed by atoms with E-state index < -0.39 is 0 Å². The maximum absolute atomic E-state index is 12.2. The number of methoxy groups -OCH3 is 1. The van der Waals surface area contributed by atoms with E-state index in [1.807, 2.05) is 24.3 Å². The van der Waals surface area contributed by atoms with E-state index in [4.69, 9.17) is 20.9 Å². The zero-order valence-electron chi connectivity index (χ0n) is 15.4. The molecule has 0 saturated heterocycles. The van der Waals surface area contributed by atoms with Gasteiger partial charge in [-0.3, -0.25) is 4.79 Å². The fraction of sp³-hybridized carbons (Fsp3) is 0.100. The predicted octanol–water partition coefficient (Wildman–Crippen LogP) is 3.90. The third-order valence-electron chi connectivity index (χ3n) is 4.08. The maximum atomic E-state index is 12.2. The molecule has 0 fully saturated rings. The van der Waals surface area contributed by atoms with Crippen LogP contribution < -0.4 is 10.1 Å². The van der Waals surface area contributed by atoms with Crippen LogP contribution in [0.15, 0.2) is 65.6 Å². The number of nitrogens with one attached hydrogen (secondary N) is 1. The summed E-state index contributed by atoms with van der Waals surface area (Å²) >= 11 is 5.84. The van der Waals surface area contributed by atoms with Gasteiger partial charge in [0.1, 0.15) is 18.0 Å². The topological polar surface area (TPSA) is 95.1 Å². The second-order valence-corrected chi connectivity index (χ2v) is 6.57. The monoisotopic (exact) mass is 409 g/mol. The smallest absolute Gasteiger partial charge is 0.258 e. The molecule has 0 bridgehead atoms. The van der Waals surface area contributed by atoms with Gasteiger partial charge in [-0.05, 0) is 48.5 Å². The summed E-state index contributed by atoms with van der Waals surface area (Å²) in [6.07, 6.45) is 3.23. The first-order valence-electron chi connectivity index (χ1n) is 8.66. The molecule has 0 saturated carbocycles. The Morgan fingerprint density at radius 1 is 1.17 bits per heavy atom.